The zero-order chi connectivity index (χ0) is 18.4. The Balaban J connectivity index is 1.67. The molecule has 2 aromatic rings. The summed E-state index contributed by atoms with van der Waals surface area (Å²) in [5.74, 6) is -0.0535. The Bertz CT molecular complexity index is 755. The molecule has 136 valence electrons. The Morgan fingerprint density at radius 2 is 1.69 bits per heavy atom. The second-order valence-electron chi connectivity index (χ2n) is 6.51. The SMILES string of the molecule is C[C@H](CC(=O)Nc1ccccc1C(=O)N1CCOCC1)c1ccccc1. The lowest BCUT2D eigenvalue weighted by Crippen LogP contribution is -2.41. The third kappa shape index (κ3) is 4.49. The molecule has 1 aliphatic heterocycles. The summed E-state index contributed by atoms with van der Waals surface area (Å²) >= 11 is 0. The number of hydrogen-bond donors (Lipinski definition) is 1. The van der Waals surface area contributed by atoms with Crippen LogP contribution in [0.3, 0.4) is 0 Å². The highest BCUT2D eigenvalue weighted by Crippen LogP contribution is 2.22. The molecular formula is C21H24N2O3. The summed E-state index contributed by atoms with van der Waals surface area (Å²) in [6, 6.07) is 17.1. The van der Waals surface area contributed by atoms with E-state index < -0.39 is 0 Å². The molecule has 0 saturated carbocycles. The second kappa shape index (κ2) is 8.63. The zero-order valence-electron chi connectivity index (χ0n) is 15.0. The number of ether oxygens (including phenoxy) is 1. The van der Waals surface area contributed by atoms with E-state index in [0.29, 0.717) is 44.0 Å². The Hall–Kier alpha value is -2.66. The number of anilines is 1. The van der Waals surface area contributed by atoms with Crippen LogP contribution in [0.4, 0.5) is 5.69 Å². The van der Waals surface area contributed by atoms with E-state index in [2.05, 4.69) is 5.32 Å². The van der Waals surface area contributed by atoms with Gasteiger partial charge in [0.15, 0.2) is 0 Å². The molecule has 1 atom stereocenters. The molecule has 1 aliphatic rings. The molecule has 0 bridgehead atoms. The number of carbonyl (C=O) groups is 2. The van der Waals surface area contributed by atoms with Crippen molar-refractivity contribution in [2.45, 2.75) is 19.3 Å². The molecule has 1 saturated heterocycles. The standard InChI is InChI=1S/C21H24N2O3/c1-16(17-7-3-2-4-8-17)15-20(24)22-19-10-6-5-9-18(19)21(25)23-11-13-26-14-12-23/h2-10,16H,11-15H2,1H3,(H,22,24)/t16-/m1/s1. The van der Waals surface area contributed by atoms with E-state index in [1.807, 2.05) is 49.4 Å². The van der Waals surface area contributed by atoms with Crippen LogP contribution in [0.5, 0.6) is 0 Å². The number of hydrogen-bond acceptors (Lipinski definition) is 3. The van der Waals surface area contributed by atoms with Gasteiger partial charge in [0.2, 0.25) is 5.91 Å². The molecule has 5 nitrogen and oxygen atoms in total. The van der Waals surface area contributed by atoms with Crippen molar-refractivity contribution >= 4 is 17.5 Å². The number of nitrogens with zero attached hydrogens (tertiary/aromatic N) is 1. The summed E-state index contributed by atoms with van der Waals surface area (Å²) in [5, 5.41) is 2.91. The smallest absolute Gasteiger partial charge is 0.256 e. The molecule has 1 heterocycles. The van der Waals surface area contributed by atoms with Crippen molar-refractivity contribution in [1.82, 2.24) is 4.90 Å². The Kier molecular flexibility index (Phi) is 6.02. The third-order valence-corrected chi connectivity index (χ3v) is 4.59. The number of nitrogens with one attached hydrogen (secondary N) is 1. The van der Waals surface area contributed by atoms with Gasteiger partial charge in [0, 0.05) is 19.5 Å². The number of rotatable bonds is 5. The quantitative estimate of drug-likeness (QED) is 0.898. The molecule has 0 radical (unpaired) electrons. The molecule has 26 heavy (non-hydrogen) atoms. The van der Waals surface area contributed by atoms with Crippen LogP contribution in [-0.2, 0) is 9.53 Å². The van der Waals surface area contributed by atoms with Crippen LogP contribution in [0.25, 0.3) is 0 Å². The number of para-hydroxylation sites is 1. The van der Waals surface area contributed by atoms with Crippen LogP contribution >= 0.6 is 0 Å². The average molecular weight is 352 g/mol. The highest BCUT2D eigenvalue weighted by atomic mass is 16.5. The van der Waals surface area contributed by atoms with Crippen LogP contribution in [-0.4, -0.2) is 43.0 Å². The average Bonchev–Trinajstić information content (AvgIpc) is 2.69. The fourth-order valence-electron chi connectivity index (χ4n) is 3.09. The van der Waals surface area contributed by atoms with Crippen molar-refractivity contribution in [3.63, 3.8) is 0 Å². The molecule has 0 aromatic heterocycles. The molecule has 3 rings (SSSR count). The zero-order valence-corrected chi connectivity index (χ0v) is 15.0. The number of morpholine rings is 1. The minimum absolute atomic E-state index is 0.0692. The Morgan fingerprint density at radius 1 is 1.04 bits per heavy atom. The van der Waals surface area contributed by atoms with Crippen LogP contribution in [0.1, 0.15) is 35.2 Å². The van der Waals surface area contributed by atoms with Crippen LogP contribution < -0.4 is 5.32 Å². The first-order chi connectivity index (χ1) is 12.6. The van der Waals surface area contributed by atoms with Crippen LogP contribution in [0.15, 0.2) is 54.6 Å². The molecule has 5 heteroatoms. The molecular weight excluding hydrogens is 328 g/mol. The number of amides is 2. The van der Waals surface area contributed by atoms with Crippen molar-refractivity contribution in [3.05, 3.63) is 65.7 Å². The van der Waals surface area contributed by atoms with Gasteiger partial charge < -0.3 is 15.0 Å². The van der Waals surface area contributed by atoms with Crippen molar-refractivity contribution < 1.29 is 14.3 Å². The van der Waals surface area contributed by atoms with Gasteiger partial charge in [0.05, 0.1) is 24.5 Å². The molecule has 0 spiro atoms. The topological polar surface area (TPSA) is 58.6 Å². The lowest BCUT2D eigenvalue weighted by atomic mass is 9.97. The minimum Gasteiger partial charge on any atom is -0.378 e. The first kappa shape index (κ1) is 18.1. The second-order valence-corrected chi connectivity index (χ2v) is 6.51. The van der Waals surface area contributed by atoms with Crippen molar-refractivity contribution in [2.75, 3.05) is 31.6 Å². The lowest BCUT2D eigenvalue weighted by Gasteiger charge is -2.27. The molecule has 2 aromatic carbocycles. The molecule has 1 fully saturated rings. The normalized spacial score (nSPS) is 15.3. The molecule has 1 N–H and O–H groups in total. The lowest BCUT2D eigenvalue weighted by molar-refractivity contribution is -0.116. The summed E-state index contributed by atoms with van der Waals surface area (Å²) in [4.78, 5) is 27.0. The Morgan fingerprint density at radius 3 is 2.42 bits per heavy atom. The minimum atomic E-state index is -0.0939. The number of benzene rings is 2. The first-order valence-electron chi connectivity index (χ1n) is 8.96. The molecule has 0 unspecified atom stereocenters. The predicted octanol–water partition coefficient (Wildman–Crippen LogP) is 3.29. The summed E-state index contributed by atoms with van der Waals surface area (Å²) in [7, 11) is 0. The summed E-state index contributed by atoms with van der Waals surface area (Å²) in [5.41, 5.74) is 2.21. The summed E-state index contributed by atoms with van der Waals surface area (Å²) < 4.78 is 5.30. The maximum Gasteiger partial charge on any atom is 0.256 e. The van der Waals surface area contributed by atoms with E-state index >= 15 is 0 Å². The van der Waals surface area contributed by atoms with Crippen LogP contribution in [0.2, 0.25) is 0 Å². The van der Waals surface area contributed by atoms with Gasteiger partial charge in [-0.2, -0.15) is 0 Å². The van der Waals surface area contributed by atoms with Gasteiger partial charge >= 0.3 is 0 Å². The maximum atomic E-state index is 12.8. The van der Waals surface area contributed by atoms with Gasteiger partial charge in [-0.1, -0.05) is 49.4 Å². The fourth-order valence-corrected chi connectivity index (χ4v) is 3.09. The summed E-state index contributed by atoms with van der Waals surface area (Å²) in [6.07, 6.45) is 0.365. The maximum absolute atomic E-state index is 12.8. The third-order valence-electron chi connectivity index (χ3n) is 4.59. The largest absolute Gasteiger partial charge is 0.378 e. The van der Waals surface area contributed by atoms with Gasteiger partial charge in [-0.25, -0.2) is 0 Å². The van der Waals surface area contributed by atoms with E-state index in [-0.39, 0.29) is 17.7 Å². The number of carbonyl (C=O) groups excluding carboxylic acids is 2. The van der Waals surface area contributed by atoms with Crippen molar-refractivity contribution in [3.8, 4) is 0 Å². The molecule has 0 aliphatic carbocycles. The van der Waals surface area contributed by atoms with E-state index in [0.717, 1.165) is 5.56 Å². The van der Waals surface area contributed by atoms with Gasteiger partial charge in [-0.15, -0.1) is 0 Å². The highest BCUT2D eigenvalue weighted by molar-refractivity contribution is 6.03. The first-order valence-corrected chi connectivity index (χ1v) is 8.96. The highest BCUT2D eigenvalue weighted by Gasteiger charge is 2.22. The van der Waals surface area contributed by atoms with E-state index in [4.69, 9.17) is 4.74 Å². The van der Waals surface area contributed by atoms with Gasteiger partial charge in [-0.3, -0.25) is 9.59 Å². The van der Waals surface area contributed by atoms with Crippen molar-refractivity contribution in [2.24, 2.45) is 0 Å². The van der Waals surface area contributed by atoms with E-state index in [1.165, 1.54) is 0 Å². The predicted molar refractivity (Wildman–Crippen MR) is 101 cm³/mol. The van der Waals surface area contributed by atoms with E-state index in [1.54, 1.807) is 17.0 Å². The monoisotopic (exact) mass is 352 g/mol. The summed E-state index contributed by atoms with van der Waals surface area (Å²) in [6.45, 7) is 4.28. The van der Waals surface area contributed by atoms with Gasteiger partial charge in [0.1, 0.15) is 0 Å². The Labute approximate surface area is 154 Å². The van der Waals surface area contributed by atoms with Crippen LogP contribution in [0, 0.1) is 0 Å². The van der Waals surface area contributed by atoms with Gasteiger partial charge in [-0.05, 0) is 23.6 Å². The van der Waals surface area contributed by atoms with E-state index in [9.17, 15) is 9.59 Å². The molecule has 2 amide bonds. The fraction of sp³-hybridized carbons (Fsp3) is 0.333. The van der Waals surface area contributed by atoms with Gasteiger partial charge in [0.25, 0.3) is 5.91 Å². The van der Waals surface area contributed by atoms with Crippen molar-refractivity contribution in [1.29, 1.82) is 0 Å².